The van der Waals surface area contributed by atoms with Gasteiger partial charge in [0, 0.05) is 5.56 Å². The molecule has 0 saturated carbocycles. The van der Waals surface area contributed by atoms with Crippen LogP contribution in [0.2, 0.25) is 0 Å². The predicted octanol–water partition coefficient (Wildman–Crippen LogP) is 3.00. The molecule has 0 fully saturated rings. The molecular weight excluding hydrogens is 306 g/mol. The standard InChI is InChI=1S/C19H19NO4/c1-13-3-6-16(7-4-13)23-10-9-20-17-11-15(14(2)21)5-8-18(17)24-12-19(20)22/h3-8,11H,9-10,12H2,1-2H3. The molecule has 1 amide bonds. The molecule has 0 saturated heterocycles. The number of carbonyl (C=O) groups excluding carboxylic acids is 2. The van der Waals surface area contributed by atoms with Crippen molar-refractivity contribution in [2.45, 2.75) is 13.8 Å². The fourth-order valence-electron chi connectivity index (χ4n) is 2.56. The van der Waals surface area contributed by atoms with Gasteiger partial charge < -0.3 is 14.4 Å². The van der Waals surface area contributed by atoms with Crippen molar-refractivity contribution < 1.29 is 19.1 Å². The van der Waals surface area contributed by atoms with Gasteiger partial charge in [0.25, 0.3) is 5.91 Å². The third-order valence-corrected chi connectivity index (χ3v) is 3.91. The second-order valence-corrected chi connectivity index (χ2v) is 5.73. The minimum Gasteiger partial charge on any atom is -0.492 e. The van der Waals surface area contributed by atoms with Gasteiger partial charge in [-0.1, -0.05) is 17.7 Å². The number of ketones is 1. The molecule has 0 aromatic heterocycles. The molecule has 24 heavy (non-hydrogen) atoms. The maximum absolute atomic E-state index is 12.2. The molecule has 2 aromatic rings. The maximum atomic E-state index is 12.2. The maximum Gasteiger partial charge on any atom is 0.265 e. The van der Waals surface area contributed by atoms with E-state index in [0.717, 1.165) is 11.3 Å². The molecule has 124 valence electrons. The van der Waals surface area contributed by atoms with Crippen LogP contribution in [0, 0.1) is 6.92 Å². The van der Waals surface area contributed by atoms with E-state index in [2.05, 4.69) is 0 Å². The fourth-order valence-corrected chi connectivity index (χ4v) is 2.56. The molecule has 0 bridgehead atoms. The number of aryl methyl sites for hydroxylation is 1. The summed E-state index contributed by atoms with van der Waals surface area (Å²) in [5.74, 6) is 1.18. The largest absolute Gasteiger partial charge is 0.492 e. The summed E-state index contributed by atoms with van der Waals surface area (Å²) in [6.07, 6.45) is 0. The summed E-state index contributed by atoms with van der Waals surface area (Å²) in [6.45, 7) is 4.26. The molecule has 0 radical (unpaired) electrons. The molecule has 0 spiro atoms. The molecule has 5 heteroatoms. The van der Waals surface area contributed by atoms with Crippen LogP contribution in [-0.4, -0.2) is 31.4 Å². The Bertz CT molecular complexity index is 767. The van der Waals surface area contributed by atoms with Gasteiger partial charge >= 0.3 is 0 Å². The van der Waals surface area contributed by atoms with Gasteiger partial charge in [0.1, 0.15) is 18.1 Å². The number of carbonyl (C=O) groups is 2. The van der Waals surface area contributed by atoms with E-state index >= 15 is 0 Å². The first-order valence-electron chi connectivity index (χ1n) is 7.82. The molecule has 2 aromatic carbocycles. The van der Waals surface area contributed by atoms with Gasteiger partial charge in [-0.15, -0.1) is 0 Å². The molecule has 1 heterocycles. The second-order valence-electron chi connectivity index (χ2n) is 5.73. The lowest BCUT2D eigenvalue weighted by Gasteiger charge is -2.29. The number of hydrogen-bond acceptors (Lipinski definition) is 4. The predicted molar refractivity (Wildman–Crippen MR) is 91.0 cm³/mol. The normalized spacial score (nSPS) is 13.2. The first kappa shape index (κ1) is 16.1. The topological polar surface area (TPSA) is 55.8 Å². The molecule has 3 rings (SSSR count). The average molecular weight is 325 g/mol. The van der Waals surface area contributed by atoms with Crippen LogP contribution in [0.25, 0.3) is 0 Å². The van der Waals surface area contributed by atoms with E-state index in [9.17, 15) is 9.59 Å². The number of rotatable bonds is 5. The molecule has 5 nitrogen and oxygen atoms in total. The Labute approximate surface area is 140 Å². The Morgan fingerprint density at radius 3 is 2.67 bits per heavy atom. The summed E-state index contributed by atoms with van der Waals surface area (Å²) in [6, 6.07) is 12.9. The van der Waals surface area contributed by atoms with Crippen molar-refractivity contribution in [3.05, 3.63) is 53.6 Å². The smallest absolute Gasteiger partial charge is 0.265 e. The van der Waals surface area contributed by atoms with Crippen LogP contribution >= 0.6 is 0 Å². The van der Waals surface area contributed by atoms with Crippen molar-refractivity contribution in [1.29, 1.82) is 0 Å². The zero-order chi connectivity index (χ0) is 17.1. The first-order valence-corrected chi connectivity index (χ1v) is 7.82. The minimum atomic E-state index is -0.143. The van der Waals surface area contributed by atoms with Gasteiger partial charge in [0.2, 0.25) is 0 Å². The van der Waals surface area contributed by atoms with Gasteiger partial charge in [-0.2, -0.15) is 0 Å². The molecule has 0 aliphatic carbocycles. The van der Waals surface area contributed by atoms with Gasteiger partial charge in [0.05, 0.1) is 12.2 Å². The van der Waals surface area contributed by atoms with Crippen LogP contribution in [0.4, 0.5) is 5.69 Å². The summed E-state index contributed by atoms with van der Waals surface area (Å²) in [5.41, 5.74) is 2.33. The van der Waals surface area contributed by atoms with E-state index < -0.39 is 0 Å². The fraction of sp³-hybridized carbons (Fsp3) is 0.263. The minimum absolute atomic E-state index is 0.00303. The van der Waals surface area contributed by atoms with Gasteiger partial charge in [-0.05, 0) is 44.2 Å². The lowest BCUT2D eigenvalue weighted by Crippen LogP contribution is -2.41. The Morgan fingerprint density at radius 1 is 1.21 bits per heavy atom. The number of ether oxygens (including phenoxy) is 2. The molecule has 0 atom stereocenters. The van der Waals surface area contributed by atoms with Crippen molar-refractivity contribution in [1.82, 2.24) is 0 Å². The number of amides is 1. The number of nitrogens with zero attached hydrogens (tertiary/aromatic N) is 1. The molecule has 1 aliphatic rings. The lowest BCUT2D eigenvalue weighted by molar-refractivity contribution is -0.121. The number of benzene rings is 2. The second kappa shape index (κ2) is 6.74. The molecular formula is C19H19NO4. The summed E-state index contributed by atoms with van der Waals surface area (Å²) in [4.78, 5) is 25.4. The summed E-state index contributed by atoms with van der Waals surface area (Å²) >= 11 is 0. The number of fused-ring (bicyclic) bond motifs is 1. The van der Waals surface area contributed by atoms with E-state index in [4.69, 9.17) is 9.47 Å². The third kappa shape index (κ3) is 3.40. The van der Waals surface area contributed by atoms with Crippen LogP contribution in [0.3, 0.4) is 0 Å². The van der Waals surface area contributed by atoms with E-state index in [0.29, 0.717) is 30.2 Å². The summed E-state index contributed by atoms with van der Waals surface area (Å²) < 4.78 is 11.1. The quantitative estimate of drug-likeness (QED) is 0.793. The van der Waals surface area contributed by atoms with Crippen LogP contribution in [0.15, 0.2) is 42.5 Å². The highest BCUT2D eigenvalue weighted by atomic mass is 16.5. The molecule has 0 N–H and O–H groups in total. The van der Waals surface area contributed by atoms with Crippen molar-refractivity contribution >= 4 is 17.4 Å². The van der Waals surface area contributed by atoms with Crippen molar-refractivity contribution in [2.24, 2.45) is 0 Å². The van der Waals surface area contributed by atoms with Gasteiger partial charge in [0.15, 0.2) is 12.4 Å². The number of anilines is 1. The van der Waals surface area contributed by atoms with Crippen molar-refractivity contribution in [2.75, 3.05) is 24.7 Å². The van der Waals surface area contributed by atoms with Gasteiger partial charge in [-0.25, -0.2) is 0 Å². The summed E-state index contributed by atoms with van der Waals surface area (Å²) in [5, 5.41) is 0. The number of hydrogen-bond donors (Lipinski definition) is 0. The SMILES string of the molecule is CC(=O)c1ccc2c(c1)N(CCOc1ccc(C)cc1)C(=O)CO2. The molecule has 0 unspecified atom stereocenters. The Balaban J connectivity index is 1.73. The monoisotopic (exact) mass is 325 g/mol. The first-order chi connectivity index (χ1) is 11.5. The lowest BCUT2D eigenvalue weighted by atomic mass is 10.1. The van der Waals surface area contributed by atoms with E-state index in [1.165, 1.54) is 6.92 Å². The Hall–Kier alpha value is -2.82. The molecule has 1 aliphatic heterocycles. The Morgan fingerprint density at radius 2 is 1.96 bits per heavy atom. The van der Waals surface area contributed by atoms with Gasteiger partial charge in [-0.3, -0.25) is 9.59 Å². The highest BCUT2D eigenvalue weighted by Crippen LogP contribution is 2.33. The van der Waals surface area contributed by atoms with Crippen LogP contribution < -0.4 is 14.4 Å². The highest BCUT2D eigenvalue weighted by molar-refractivity contribution is 6.01. The van der Waals surface area contributed by atoms with E-state index in [-0.39, 0.29) is 18.3 Å². The zero-order valence-electron chi connectivity index (χ0n) is 13.7. The van der Waals surface area contributed by atoms with Crippen molar-refractivity contribution in [3.63, 3.8) is 0 Å². The van der Waals surface area contributed by atoms with Crippen LogP contribution in [-0.2, 0) is 4.79 Å². The van der Waals surface area contributed by atoms with Crippen LogP contribution in [0.1, 0.15) is 22.8 Å². The summed E-state index contributed by atoms with van der Waals surface area (Å²) in [7, 11) is 0. The Kier molecular flexibility index (Phi) is 4.51. The van der Waals surface area contributed by atoms with E-state index in [1.54, 1.807) is 23.1 Å². The third-order valence-electron chi connectivity index (χ3n) is 3.91. The van der Waals surface area contributed by atoms with Crippen molar-refractivity contribution in [3.8, 4) is 11.5 Å². The zero-order valence-corrected chi connectivity index (χ0v) is 13.7. The number of Topliss-reactive ketones (excluding diaryl/α,β-unsaturated/α-hetero) is 1. The highest BCUT2D eigenvalue weighted by Gasteiger charge is 2.26. The van der Waals surface area contributed by atoms with E-state index in [1.807, 2.05) is 31.2 Å². The van der Waals surface area contributed by atoms with Crippen LogP contribution in [0.5, 0.6) is 11.5 Å². The average Bonchev–Trinajstić information content (AvgIpc) is 2.58.